The van der Waals surface area contributed by atoms with E-state index >= 15 is 0 Å². The predicted octanol–water partition coefficient (Wildman–Crippen LogP) is -0.339. The lowest BCUT2D eigenvalue weighted by atomic mass is 10.1. The third-order valence-corrected chi connectivity index (χ3v) is 2.12. The molecule has 0 spiro atoms. The molecule has 4 N–H and O–H groups in total. The van der Waals surface area contributed by atoms with Crippen molar-refractivity contribution >= 4 is 5.96 Å². The number of H-pyrrole nitrogens is 1. The zero-order valence-electron chi connectivity index (χ0n) is 6.67. The summed E-state index contributed by atoms with van der Waals surface area (Å²) in [7, 11) is 0. The number of guanidine groups is 1. The van der Waals surface area contributed by atoms with Crippen molar-refractivity contribution in [2.45, 2.75) is 13.0 Å². The van der Waals surface area contributed by atoms with E-state index in [1.807, 2.05) is 4.90 Å². The van der Waals surface area contributed by atoms with Crippen molar-refractivity contribution in [1.82, 2.24) is 14.9 Å². The molecule has 12 heavy (non-hydrogen) atoms. The van der Waals surface area contributed by atoms with E-state index in [1.165, 1.54) is 5.69 Å². The summed E-state index contributed by atoms with van der Waals surface area (Å²) in [5.74, 6) is 0.128. The van der Waals surface area contributed by atoms with E-state index in [2.05, 4.69) is 9.97 Å². The second kappa shape index (κ2) is 2.51. The van der Waals surface area contributed by atoms with Gasteiger partial charge < -0.3 is 15.6 Å². The first-order valence-electron chi connectivity index (χ1n) is 3.87. The number of nitrogens with one attached hydrogen (secondary N) is 2. The highest BCUT2D eigenvalue weighted by Crippen LogP contribution is 2.13. The molecule has 1 aliphatic rings. The van der Waals surface area contributed by atoms with Crippen molar-refractivity contribution in [3.8, 4) is 0 Å². The first-order chi connectivity index (χ1) is 5.77. The average Bonchev–Trinajstić information content (AvgIpc) is 2.49. The van der Waals surface area contributed by atoms with Crippen LogP contribution in [0.4, 0.5) is 0 Å². The van der Waals surface area contributed by atoms with Crippen molar-refractivity contribution < 1.29 is 0 Å². The highest BCUT2D eigenvalue weighted by Gasteiger charge is 2.18. The van der Waals surface area contributed by atoms with Crippen molar-refractivity contribution in [3.05, 3.63) is 17.7 Å². The van der Waals surface area contributed by atoms with Crippen molar-refractivity contribution in [2.75, 3.05) is 6.54 Å². The number of hydrogen-bond donors (Lipinski definition) is 3. The van der Waals surface area contributed by atoms with Crippen LogP contribution in [0, 0.1) is 5.41 Å². The number of aromatic amines is 1. The zero-order valence-corrected chi connectivity index (χ0v) is 6.67. The summed E-state index contributed by atoms with van der Waals surface area (Å²) < 4.78 is 0. The van der Waals surface area contributed by atoms with Crippen LogP contribution < -0.4 is 5.73 Å². The van der Waals surface area contributed by atoms with Gasteiger partial charge in [0.1, 0.15) is 0 Å². The van der Waals surface area contributed by atoms with E-state index < -0.39 is 0 Å². The van der Waals surface area contributed by atoms with Gasteiger partial charge in [0.15, 0.2) is 5.96 Å². The van der Waals surface area contributed by atoms with Gasteiger partial charge in [-0.25, -0.2) is 4.98 Å². The molecule has 2 rings (SSSR count). The van der Waals surface area contributed by atoms with Crippen LogP contribution in [0.25, 0.3) is 0 Å². The average molecular weight is 165 g/mol. The minimum atomic E-state index is 0.128. The Morgan fingerprint density at radius 1 is 1.75 bits per heavy atom. The summed E-state index contributed by atoms with van der Waals surface area (Å²) in [6.45, 7) is 1.47. The Morgan fingerprint density at radius 2 is 2.58 bits per heavy atom. The Bertz CT molecular complexity index is 303. The monoisotopic (exact) mass is 165 g/mol. The Kier molecular flexibility index (Phi) is 1.49. The zero-order chi connectivity index (χ0) is 8.55. The number of fused-ring (bicyclic) bond motifs is 1. The summed E-state index contributed by atoms with van der Waals surface area (Å²) >= 11 is 0. The molecular formula is C7H11N5. The minimum Gasteiger partial charge on any atom is -0.370 e. The summed E-state index contributed by atoms with van der Waals surface area (Å²) in [6, 6.07) is 0. The van der Waals surface area contributed by atoms with E-state index in [9.17, 15) is 0 Å². The van der Waals surface area contributed by atoms with Crippen LogP contribution in [0.3, 0.4) is 0 Å². The molecule has 64 valence electrons. The van der Waals surface area contributed by atoms with Crippen LogP contribution in [0.1, 0.15) is 11.4 Å². The van der Waals surface area contributed by atoms with Gasteiger partial charge in [-0.15, -0.1) is 0 Å². The standard InChI is InChI=1S/C7H11N5/c8-7(9)12-2-1-5-6(3-12)11-4-10-5/h4H,1-3H2,(H3,8,9)(H,10,11). The van der Waals surface area contributed by atoms with E-state index in [-0.39, 0.29) is 5.96 Å². The molecular weight excluding hydrogens is 154 g/mol. The third kappa shape index (κ3) is 1.03. The lowest BCUT2D eigenvalue weighted by molar-refractivity contribution is 0.380. The summed E-state index contributed by atoms with van der Waals surface area (Å²) in [4.78, 5) is 9.02. The van der Waals surface area contributed by atoms with Gasteiger partial charge in [0.25, 0.3) is 0 Å². The largest absolute Gasteiger partial charge is 0.370 e. The minimum absolute atomic E-state index is 0.128. The fourth-order valence-electron chi connectivity index (χ4n) is 1.41. The first kappa shape index (κ1) is 7.15. The van der Waals surface area contributed by atoms with Gasteiger partial charge in [-0.3, -0.25) is 5.41 Å². The lowest BCUT2D eigenvalue weighted by Gasteiger charge is -2.25. The van der Waals surface area contributed by atoms with E-state index in [4.69, 9.17) is 11.1 Å². The Balaban J connectivity index is 2.20. The molecule has 1 aromatic heterocycles. The van der Waals surface area contributed by atoms with Crippen molar-refractivity contribution in [1.29, 1.82) is 5.41 Å². The smallest absolute Gasteiger partial charge is 0.188 e. The Labute approximate surface area is 70.1 Å². The van der Waals surface area contributed by atoms with Gasteiger partial charge in [-0.2, -0.15) is 0 Å². The number of nitrogens with zero attached hydrogens (tertiary/aromatic N) is 2. The van der Waals surface area contributed by atoms with E-state index in [1.54, 1.807) is 6.33 Å². The van der Waals surface area contributed by atoms with Gasteiger partial charge in [-0.1, -0.05) is 0 Å². The quantitative estimate of drug-likeness (QED) is 0.363. The van der Waals surface area contributed by atoms with Crippen LogP contribution in [0.5, 0.6) is 0 Å². The van der Waals surface area contributed by atoms with Crippen molar-refractivity contribution in [2.24, 2.45) is 5.73 Å². The topological polar surface area (TPSA) is 81.8 Å². The number of aromatic nitrogens is 2. The maximum Gasteiger partial charge on any atom is 0.188 e. The summed E-state index contributed by atoms with van der Waals surface area (Å²) in [5, 5.41) is 7.25. The molecule has 0 saturated carbocycles. The van der Waals surface area contributed by atoms with Crippen LogP contribution in [0.2, 0.25) is 0 Å². The maximum atomic E-state index is 7.25. The second-order valence-electron chi connectivity index (χ2n) is 2.88. The summed E-state index contributed by atoms with van der Waals surface area (Å²) in [6.07, 6.45) is 2.59. The lowest BCUT2D eigenvalue weighted by Crippen LogP contribution is -2.40. The molecule has 1 aliphatic heterocycles. The van der Waals surface area contributed by atoms with Gasteiger partial charge in [-0.05, 0) is 0 Å². The molecule has 0 bridgehead atoms. The molecule has 0 fully saturated rings. The van der Waals surface area contributed by atoms with Crippen LogP contribution in [-0.4, -0.2) is 27.4 Å². The van der Waals surface area contributed by atoms with E-state index in [0.717, 1.165) is 18.7 Å². The fourth-order valence-corrected chi connectivity index (χ4v) is 1.41. The number of hydrogen-bond acceptors (Lipinski definition) is 2. The van der Waals surface area contributed by atoms with Gasteiger partial charge in [0, 0.05) is 18.7 Å². The Morgan fingerprint density at radius 3 is 3.33 bits per heavy atom. The third-order valence-electron chi connectivity index (χ3n) is 2.12. The van der Waals surface area contributed by atoms with Crippen LogP contribution in [0.15, 0.2) is 6.33 Å². The van der Waals surface area contributed by atoms with Gasteiger partial charge >= 0.3 is 0 Å². The molecule has 2 heterocycles. The highest BCUT2D eigenvalue weighted by molar-refractivity contribution is 5.74. The molecule has 0 saturated heterocycles. The molecule has 0 aliphatic carbocycles. The molecule has 5 heteroatoms. The molecule has 1 aromatic rings. The highest BCUT2D eigenvalue weighted by atomic mass is 15.2. The Hall–Kier alpha value is -1.52. The maximum absolute atomic E-state index is 7.25. The fraction of sp³-hybridized carbons (Fsp3) is 0.429. The first-order valence-corrected chi connectivity index (χ1v) is 3.87. The predicted molar refractivity (Wildman–Crippen MR) is 44.6 cm³/mol. The molecule has 5 nitrogen and oxygen atoms in total. The number of imidazole rings is 1. The number of nitrogens with two attached hydrogens (primary N) is 1. The normalized spacial score (nSPS) is 15.8. The molecule has 0 atom stereocenters. The molecule has 0 unspecified atom stereocenters. The van der Waals surface area contributed by atoms with Crippen LogP contribution in [-0.2, 0) is 13.0 Å². The van der Waals surface area contributed by atoms with E-state index in [0.29, 0.717) is 6.54 Å². The second-order valence-corrected chi connectivity index (χ2v) is 2.88. The van der Waals surface area contributed by atoms with Crippen LogP contribution >= 0.6 is 0 Å². The molecule has 0 radical (unpaired) electrons. The van der Waals surface area contributed by atoms with Gasteiger partial charge in [0.05, 0.1) is 18.6 Å². The SMILES string of the molecule is N=C(N)N1CCc2[nH]cnc2C1. The summed E-state index contributed by atoms with van der Waals surface area (Å²) in [5.41, 5.74) is 7.55. The molecule has 0 amide bonds. The molecule has 0 aromatic carbocycles. The van der Waals surface area contributed by atoms with Crippen molar-refractivity contribution in [3.63, 3.8) is 0 Å². The van der Waals surface area contributed by atoms with Gasteiger partial charge in [0.2, 0.25) is 0 Å². The number of rotatable bonds is 0.